The van der Waals surface area contributed by atoms with Crippen molar-refractivity contribution in [3.05, 3.63) is 35.4 Å². The molecule has 0 heterocycles. The van der Waals surface area contributed by atoms with Crippen molar-refractivity contribution in [3.63, 3.8) is 0 Å². The molecule has 0 saturated heterocycles. The third-order valence-corrected chi connectivity index (χ3v) is 3.56. The van der Waals surface area contributed by atoms with Crippen LogP contribution in [0, 0.1) is 12.8 Å². The van der Waals surface area contributed by atoms with Crippen LogP contribution in [0.25, 0.3) is 0 Å². The molecule has 0 atom stereocenters. The maximum absolute atomic E-state index is 2.38. The molecule has 0 N–H and O–H groups in total. The minimum Gasteiger partial charge on any atom is -0.0625 e. The van der Waals surface area contributed by atoms with E-state index in [4.69, 9.17) is 0 Å². The first kappa shape index (κ1) is 9.76. The predicted octanol–water partition coefficient (Wildman–Crippen LogP) is 4.29. The fraction of sp³-hybridized carbons (Fsp3) is 0.571. The number of benzene rings is 1. The number of aryl methyl sites for hydroxylation is 1. The standard InChI is InChI=1S/C14H20/c1-11-3-7-13(8-4-11)14-9-5-12(2)6-10-14/h3-4,7-8,12,14H,5-6,9-10H2,1-2H3/t12-,14-. The van der Waals surface area contributed by atoms with Gasteiger partial charge in [0, 0.05) is 0 Å². The lowest BCUT2D eigenvalue weighted by Crippen LogP contribution is -2.10. The van der Waals surface area contributed by atoms with Crippen molar-refractivity contribution in [1.29, 1.82) is 0 Å². The van der Waals surface area contributed by atoms with Crippen molar-refractivity contribution in [1.82, 2.24) is 0 Å². The van der Waals surface area contributed by atoms with Gasteiger partial charge in [0.1, 0.15) is 0 Å². The van der Waals surface area contributed by atoms with Gasteiger partial charge in [-0.2, -0.15) is 0 Å². The highest BCUT2D eigenvalue weighted by Crippen LogP contribution is 2.35. The molecule has 0 bridgehead atoms. The molecule has 0 aliphatic heterocycles. The summed E-state index contributed by atoms with van der Waals surface area (Å²) in [5.74, 6) is 1.79. The molecule has 14 heavy (non-hydrogen) atoms. The Hall–Kier alpha value is -0.780. The van der Waals surface area contributed by atoms with Gasteiger partial charge in [-0.3, -0.25) is 0 Å². The zero-order valence-corrected chi connectivity index (χ0v) is 9.29. The van der Waals surface area contributed by atoms with E-state index in [-0.39, 0.29) is 0 Å². The van der Waals surface area contributed by atoms with E-state index in [1.807, 2.05) is 0 Å². The molecule has 2 rings (SSSR count). The fourth-order valence-electron chi connectivity index (χ4n) is 2.43. The van der Waals surface area contributed by atoms with Crippen molar-refractivity contribution in [2.45, 2.75) is 45.4 Å². The fourth-order valence-corrected chi connectivity index (χ4v) is 2.43. The van der Waals surface area contributed by atoms with Gasteiger partial charge in [-0.25, -0.2) is 0 Å². The lowest BCUT2D eigenvalue weighted by atomic mass is 9.79. The van der Waals surface area contributed by atoms with Crippen LogP contribution in [0.4, 0.5) is 0 Å². The molecule has 0 radical (unpaired) electrons. The van der Waals surface area contributed by atoms with Crippen molar-refractivity contribution in [2.24, 2.45) is 5.92 Å². The van der Waals surface area contributed by atoms with Crippen LogP contribution in [0.3, 0.4) is 0 Å². The molecule has 1 saturated carbocycles. The van der Waals surface area contributed by atoms with Gasteiger partial charge in [0.05, 0.1) is 0 Å². The van der Waals surface area contributed by atoms with Crippen LogP contribution in [-0.4, -0.2) is 0 Å². The van der Waals surface area contributed by atoms with Gasteiger partial charge in [0.25, 0.3) is 0 Å². The zero-order chi connectivity index (χ0) is 9.97. The summed E-state index contributed by atoms with van der Waals surface area (Å²) in [6, 6.07) is 9.12. The Kier molecular flexibility index (Phi) is 2.90. The Morgan fingerprint density at radius 1 is 0.929 bits per heavy atom. The Balaban J connectivity index is 2.05. The molecule has 1 aliphatic rings. The molecule has 1 aromatic carbocycles. The Labute approximate surface area is 87.3 Å². The largest absolute Gasteiger partial charge is 0.0625 e. The first-order valence-corrected chi connectivity index (χ1v) is 5.82. The Morgan fingerprint density at radius 2 is 1.50 bits per heavy atom. The van der Waals surface area contributed by atoms with Crippen LogP contribution >= 0.6 is 0 Å². The van der Waals surface area contributed by atoms with Gasteiger partial charge in [-0.15, -0.1) is 0 Å². The molecule has 1 fully saturated rings. The SMILES string of the molecule is Cc1ccc([C@H]2CC[C@H](C)CC2)cc1. The summed E-state index contributed by atoms with van der Waals surface area (Å²) in [6.07, 6.45) is 5.62. The van der Waals surface area contributed by atoms with Crippen molar-refractivity contribution < 1.29 is 0 Å². The second kappa shape index (κ2) is 4.16. The van der Waals surface area contributed by atoms with Gasteiger partial charge in [-0.1, -0.05) is 49.6 Å². The highest BCUT2D eigenvalue weighted by atomic mass is 14.2. The molecule has 1 aromatic rings. The summed E-state index contributed by atoms with van der Waals surface area (Å²) < 4.78 is 0. The Bertz CT molecular complexity index is 275. The second-order valence-corrected chi connectivity index (χ2v) is 4.87. The van der Waals surface area contributed by atoms with Gasteiger partial charge >= 0.3 is 0 Å². The van der Waals surface area contributed by atoms with Crippen molar-refractivity contribution in [2.75, 3.05) is 0 Å². The highest BCUT2D eigenvalue weighted by Gasteiger charge is 2.19. The molecule has 0 nitrogen and oxygen atoms in total. The summed E-state index contributed by atoms with van der Waals surface area (Å²) in [5, 5.41) is 0. The van der Waals surface area contributed by atoms with E-state index in [1.165, 1.54) is 31.2 Å². The maximum Gasteiger partial charge on any atom is -0.0162 e. The van der Waals surface area contributed by atoms with Crippen LogP contribution in [0.15, 0.2) is 24.3 Å². The van der Waals surface area contributed by atoms with Crippen LogP contribution < -0.4 is 0 Å². The maximum atomic E-state index is 2.38. The van der Waals surface area contributed by atoms with Gasteiger partial charge in [-0.05, 0) is 37.2 Å². The molecule has 0 aromatic heterocycles. The average Bonchev–Trinajstić information content (AvgIpc) is 2.21. The summed E-state index contributed by atoms with van der Waals surface area (Å²) in [6.45, 7) is 4.54. The quantitative estimate of drug-likeness (QED) is 0.616. The first-order valence-electron chi connectivity index (χ1n) is 5.82. The summed E-state index contributed by atoms with van der Waals surface area (Å²) in [5.41, 5.74) is 2.93. The first-order chi connectivity index (χ1) is 6.75. The predicted molar refractivity (Wildman–Crippen MR) is 61.6 cm³/mol. The molecule has 76 valence electrons. The normalized spacial score (nSPS) is 27.6. The number of hydrogen-bond acceptors (Lipinski definition) is 0. The third kappa shape index (κ3) is 2.17. The molecule has 0 unspecified atom stereocenters. The van der Waals surface area contributed by atoms with E-state index < -0.39 is 0 Å². The minimum atomic E-state index is 0.840. The van der Waals surface area contributed by atoms with E-state index in [9.17, 15) is 0 Å². The van der Waals surface area contributed by atoms with Gasteiger partial charge in [0.2, 0.25) is 0 Å². The van der Waals surface area contributed by atoms with Crippen LogP contribution in [0.5, 0.6) is 0 Å². The second-order valence-electron chi connectivity index (χ2n) is 4.87. The lowest BCUT2D eigenvalue weighted by molar-refractivity contribution is 0.348. The van der Waals surface area contributed by atoms with Crippen molar-refractivity contribution >= 4 is 0 Å². The molecular weight excluding hydrogens is 168 g/mol. The lowest BCUT2D eigenvalue weighted by Gasteiger charge is -2.26. The minimum absolute atomic E-state index is 0.840. The molecule has 0 spiro atoms. The molecular formula is C14H20. The van der Waals surface area contributed by atoms with E-state index in [0.717, 1.165) is 11.8 Å². The van der Waals surface area contributed by atoms with Crippen LogP contribution in [0.1, 0.15) is 49.7 Å². The van der Waals surface area contributed by atoms with E-state index in [0.29, 0.717) is 0 Å². The number of rotatable bonds is 1. The summed E-state index contributed by atoms with van der Waals surface area (Å²) >= 11 is 0. The average molecular weight is 188 g/mol. The third-order valence-electron chi connectivity index (χ3n) is 3.56. The van der Waals surface area contributed by atoms with Crippen LogP contribution in [0.2, 0.25) is 0 Å². The summed E-state index contributed by atoms with van der Waals surface area (Å²) in [7, 11) is 0. The highest BCUT2D eigenvalue weighted by molar-refractivity contribution is 5.24. The monoisotopic (exact) mass is 188 g/mol. The molecule has 0 heteroatoms. The zero-order valence-electron chi connectivity index (χ0n) is 9.29. The molecule has 1 aliphatic carbocycles. The van der Waals surface area contributed by atoms with E-state index >= 15 is 0 Å². The van der Waals surface area contributed by atoms with E-state index in [1.54, 1.807) is 5.56 Å². The van der Waals surface area contributed by atoms with E-state index in [2.05, 4.69) is 38.1 Å². The smallest absolute Gasteiger partial charge is 0.0162 e. The number of hydrogen-bond donors (Lipinski definition) is 0. The van der Waals surface area contributed by atoms with Gasteiger partial charge < -0.3 is 0 Å². The van der Waals surface area contributed by atoms with Gasteiger partial charge in [0.15, 0.2) is 0 Å². The molecule has 0 amide bonds. The topological polar surface area (TPSA) is 0 Å². The van der Waals surface area contributed by atoms with Crippen molar-refractivity contribution in [3.8, 4) is 0 Å². The Morgan fingerprint density at radius 3 is 2.07 bits per heavy atom. The van der Waals surface area contributed by atoms with Crippen LogP contribution in [-0.2, 0) is 0 Å². The summed E-state index contributed by atoms with van der Waals surface area (Å²) in [4.78, 5) is 0.